The van der Waals surface area contributed by atoms with Crippen LogP contribution in [0.3, 0.4) is 0 Å². The fraction of sp³-hybridized carbons (Fsp3) is 0.519. The fourth-order valence-corrected chi connectivity index (χ4v) is 7.09. The van der Waals surface area contributed by atoms with Gasteiger partial charge < -0.3 is 9.88 Å². The van der Waals surface area contributed by atoms with Crippen molar-refractivity contribution in [3.05, 3.63) is 53.3 Å². The van der Waals surface area contributed by atoms with Gasteiger partial charge in [-0.15, -0.1) is 0 Å². The summed E-state index contributed by atoms with van der Waals surface area (Å²) < 4.78 is 2.01. The Balaban J connectivity index is 1.10. The van der Waals surface area contributed by atoms with Crippen LogP contribution in [0.5, 0.6) is 0 Å². The van der Waals surface area contributed by atoms with Gasteiger partial charge in [-0.2, -0.15) is 0 Å². The number of hydrazine groups is 1. The standard InChI is InChI=1S/C27H34N4O3/c1-17-10-23(18(2)31(17)22-6-4-3-5-7-22)25(33)30-29-24(32)8-9-28-26(34)27-14-19-11-20(15-27)13-21(12-19)16-27/h3-7,10,19-21H,8-9,11-16H2,1-2H3,(H,28,34)(H,29,32)(H,30,33). The zero-order valence-corrected chi connectivity index (χ0v) is 20.0. The molecule has 0 radical (unpaired) electrons. The topological polar surface area (TPSA) is 92.2 Å². The second-order valence-corrected chi connectivity index (χ2v) is 10.7. The molecule has 0 saturated heterocycles. The van der Waals surface area contributed by atoms with Gasteiger partial charge >= 0.3 is 0 Å². The molecule has 180 valence electrons. The first kappa shape index (κ1) is 22.7. The molecule has 7 heteroatoms. The summed E-state index contributed by atoms with van der Waals surface area (Å²) >= 11 is 0. The van der Waals surface area contributed by atoms with Gasteiger partial charge in [-0.1, -0.05) is 18.2 Å². The van der Waals surface area contributed by atoms with E-state index in [2.05, 4.69) is 16.2 Å². The molecule has 3 amide bonds. The summed E-state index contributed by atoms with van der Waals surface area (Å²) in [5.41, 5.74) is 8.03. The van der Waals surface area contributed by atoms with E-state index >= 15 is 0 Å². The maximum atomic E-state index is 13.0. The lowest BCUT2D eigenvalue weighted by Gasteiger charge is -2.55. The first-order valence-electron chi connectivity index (χ1n) is 12.5. The lowest BCUT2D eigenvalue weighted by atomic mass is 9.49. The fourth-order valence-electron chi connectivity index (χ4n) is 7.09. The monoisotopic (exact) mass is 462 g/mol. The maximum absolute atomic E-state index is 13.0. The molecule has 0 spiro atoms. The smallest absolute Gasteiger partial charge is 0.271 e. The van der Waals surface area contributed by atoms with E-state index in [0.717, 1.165) is 36.3 Å². The SMILES string of the molecule is Cc1cc(C(=O)NNC(=O)CCNC(=O)C23CC4CC(CC(C4)C2)C3)c(C)n1-c1ccccc1. The lowest BCUT2D eigenvalue weighted by Crippen LogP contribution is -2.54. The molecular weight excluding hydrogens is 428 g/mol. The van der Waals surface area contributed by atoms with E-state index in [9.17, 15) is 14.4 Å². The van der Waals surface area contributed by atoms with Gasteiger partial charge in [-0.25, -0.2) is 0 Å². The van der Waals surface area contributed by atoms with Crippen LogP contribution in [0.4, 0.5) is 0 Å². The number of nitrogens with zero attached hydrogens (tertiary/aromatic N) is 1. The number of aromatic nitrogens is 1. The third-order valence-electron chi connectivity index (χ3n) is 8.16. The number of amides is 3. The molecule has 6 rings (SSSR count). The Labute approximate surface area is 200 Å². The highest BCUT2D eigenvalue weighted by Gasteiger charge is 2.54. The molecule has 3 N–H and O–H groups in total. The van der Waals surface area contributed by atoms with Crippen LogP contribution in [-0.4, -0.2) is 28.8 Å². The van der Waals surface area contributed by atoms with Crippen LogP contribution in [0.1, 0.15) is 66.7 Å². The average Bonchev–Trinajstić information content (AvgIpc) is 3.11. The molecule has 1 aromatic heterocycles. The normalized spacial score (nSPS) is 26.8. The van der Waals surface area contributed by atoms with E-state index in [-0.39, 0.29) is 36.1 Å². The quantitative estimate of drug-likeness (QED) is 0.573. The van der Waals surface area contributed by atoms with E-state index < -0.39 is 0 Å². The van der Waals surface area contributed by atoms with Gasteiger partial charge in [-0.05, 0) is 88.3 Å². The molecule has 7 nitrogen and oxygen atoms in total. The number of rotatable bonds is 6. The van der Waals surface area contributed by atoms with Gasteiger partial charge in [0.05, 0.1) is 5.56 Å². The molecule has 4 fully saturated rings. The van der Waals surface area contributed by atoms with Crippen molar-refractivity contribution in [2.45, 2.75) is 58.8 Å². The summed E-state index contributed by atoms with van der Waals surface area (Å²) in [6.07, 6.45) is 7.03. The van der Waals surface area contributed by atoms with E-state index in [1.54, 1.807) is 0 Å². The predicted octanol–water partition coefficient (Wildman–Crippen LogP) is 3.58. The van der Waals surface area contributed by atoms with E-state index in [1.165, 1.54) is 19.3 Å². The van der Waals surface area contributed by atoms with Crippen molar-refractivity contribution >= 4 is 17.7 Å². The van der Waals surface area contributed by atoms with Gasteiger partial charge in [0, 0.05) is 35.5 Å². The summed E-state index contributed by atoms with van der Waals surface area (Å²) in [5.74, 6) is 1.56. The van der Waals surface area contributed by atoms with Crippen molar-refractivity contribution in [3.8, 4) is 5.69 Å². The van der Waals surface area contributed by atoms with Crippen LogP contribution < -0.4 is 16.2 Å². The number of nitrogens with one attached hydrogen (secondary N) is 3. The molecule has 4 aliphatic carbocycles. The molecule has 2 aromatic rings. The summed E-state index contributed by atoms with van der Waals surface area (Å²) in [6.45, 7) is 4.11. The molecule has 0 atom stereocenters. The Bertz CT molecular complexity index is 1070. The van der Waals surface area contributed by atoms with Crippen LogP contribution in [0.15, 0.2) is 36.4 Å². The van der Waals surface area contributed by atoms with Crippen molar-refractivity contribution < 1.29 is 14.4 Å². The van der Waals surface area contributed by atoms with Crippen molar-refractivity contribution in [3.63, 3.8) is 0 Å². The van der Waals surface area contributed by atoms with Crippen LogP contribution in [0, 0.1) is 37.0 Å². The van der Waals surface area contributed by atoms with Crippen LogP contribution in [-0.2, 0) is 9.59 Å². The third kappa shape index (κ3) is 4.24. The molecule has 4 aliphatic rings. The molecule has 0 unspecified atom stereocenters. The predicted molar refractivity (Wildman–Crippen MR) is 129 cm³/mol. The highest BCUT2D eigenvalue weighted by atomic mass is 16.2. The van der Waals surface area contributed by atoms with E-state index in [1.807, 2.05) is 54.8 Å². The number of hydrogen-bond donors (Lipinski definition) is 3. The number of hydrogen-bond acceptors (Lipinski definition) is 3. The van der Waals surface area contributed by atoms with Gasteiger partial charge in [0.25, 0.3) is 5.91 Å². The van der Waals surface area contributed by atoms with Gasteiger partial charge in [-0.3, -0.25) is 25.2 Å². The van der Waals surface area contributed by atoms with Crippen LogP contribution in [0.2, 0.25) is 0 Å². The van der Waals surface area contributed by atoms with Crippen LogP contribution >= 0.6 is 0 Å². The van der Waals surface area contributed by atoms with E-state index in [0.29, 0.717) is 23.3 Å². The van der Waals surface area contributed by atoms with Crippen molar-refractivity contribution in [1.82, 2.24) is 20.7 Å². The number of carbonyl (C=O) groups excluding carboxylic acids is 3. The molecule has 1 aromatic carbocycles. The van der Waals surface area contributed by atoms with Crippen LogP contribution in [0.25, 0.3) is 5.69 Å². The van der Waals surface area contributed by atoms with Crippen molar-refractivity contribution in [2.75, 3.05) is 6.54 Å². The number of benzene rings is 1. The highest BCUT2D eigenvalue weighted by molar-refractivity contribution is 5.97. The minimum Gasteiger partial charge on any atom is -0.355 e. The zero-order valence-electron chi connectivity index (χ0n) is 20.0. The summed E-state index contributed by atoms with van der Waals surface area (Å²) in [4.78, 5) is 38.0. The Morgan fingerprint density at radius 3 is 2.18 bits per heavy atom. The third-order valence-corrected chi connectivity index (χ3v) is 8.16. The first-order valence-corrected chi connectivity index (χ1v) is 12.5. The Morgan fingerprint density at radius 1 is 0.941 bits per heavy atom. The molecule has 34 heavy (non-hydrogen) atoms. The largest absolute Gasteiger partial charge is 0.355 e. The average molecular weight is 463 g/mol. The molecular formula is C27H34N4O3. The second kappa shape index (κ2) is 8.93. The Hall–Kier alpha value is -3.09. The van der Waals surface area contributed by atoms with Gasteiger partial charge in [0.15, 0.2) is 0 Å². The van der Waals surface area contributed by atoms with Crippen molar-refractivity contribution in [1.29, 1.82) is 0 Å². The first-order chi connectivity index (χ1) is 16.3. The highest BCUT2D eigenvalue weighted by Crippen LogP contribution is 2.60. The number of aryl methyl sites for hydroxylation is 1. The molecule has 0 aliphatic heterocycles. The summed E-state index contributed by atoms with van der Waals surface area (Å²) in [6, 6.07) is 11.6. The Kier molecular flexibility index (Phi) is 5.96. The van der Waals surface area contributed by atoms with Crippen molar-refractivity contribution in [2.24, 2.45) is 23.2 Å². The van der Waals surface area contributed by atoms with E-state index in [4.69, 9.17) is 0 Å². The minimum absolute atomic E-state index is 0.122. The molecule has 4 saturated carbocycles. The number of carbonyl (C=O) groups is 3. The zero-order chi connectivity index (χ0) is 23.9. The minimum atomic E-state index is -0.360. The maximum Gasteiger partial charge on any atom is 0.271 e. The molecule has 1 heterocycles. The van der Waals surface area contributed by atoms with Gasteiger partial charge in [0.2, 0.25) is 11.8 Å². The lowest BCUT2D eigenvalue weighted by molar-refractivity contribution is -0.146. The Morgan fingerprint density at radius 2 is 1.56 bits per heavy atom. The second-order valence-electron chi connectivity index (χ2n) is 10.7. The summed E-state index contributed by atoms with van der Waals surface area (Å²) in [7, 11) is 0. The molecule has 4 bridgehead atoms. The van der Waals surface area contributed by atoms with Gasteiger partial charge in [0.1, 0.15) is 0 Å². The number of para-hydroxylation sites is 1. The summed E-state index contributed by atoms with van der Waals surface area (Å²) in [5, 5.41) is 3.01.